The molecule has 1 fully saturated rings. The Balaban J connectivity index is 2.34. The number of nitrogens with zero attached hydrogens (tertiary/aromatic N) is 3. The van der Waals surface area contributed by atoms with E-state index in [9.17, 15) is 5.26 Å². The first-order chi connectivity index (χ1) is 7.27. The van der Waals surface area contributed by atoms with E-state index in [4.69, 9.17) is 0 Å². The van der Waals surface area contributed by atoms with Gasteiger partial charge in [-0.3, -0.25) is 0 Å². The van der Waals surface area contributed by atoms with Crippen LogP contribution in [0, 0.1) is 11.3 Å². The second-order valence-electron chi connectivity index (χ2n) is 4.22. The second-order valence-corrected chi connectivity index (χ2v) is 4.22. The van der Waals surface area contributed by atoms with Gasteiger partial charge in [-0.1, -0.05) is 0 Å². The number of nitriles is 1. The molecule has 0 atom stereocenters. The maximum Gasteiger partial charge on any atom is 0.139 e. The molecular weight excluding hydrogens is 186 g/mol. The van der Waals surface area contributed by atoms with Crippen molar-refractivity contribution in [3.05, 3.63) is 30.1 Å². The summed E-state index contributed by atoms with van der Waals surface area (Å²) in [6, 6.07) is 6.41. The fourth-order valence-electron chi connectivity index (χ4n) is 2.16. The molecule has 0 spiro atoms. The molecule has 0 saturated heterocycles. The van der Waals surface area contributed by atoms with Gasteiger partial charge in [0.2, 0.25) is 0 Å². The average molecular weight is 197 g/mol. The van der Waals surface area contributed by atoms with E-state index in [0.29, 0.717) is 0 Å². The van der Waals surface area contributed by atoms with Crippen molar-refractivity contribution in [2.45, 2.75) is 18.3 Å². The third-order valence-electron chi connectivity index (χ3n) is 3.21. The molecule has 1 aliphatic carbocycles. The summed E-state index contributed by atoms with van der Waals surface area (Å²) in [7, 11) is 1.98. The van der Waals surface area contributed by atoms with Crippen LogP contribution >= 0.6 is 0 Å². The third kappa shape index (κ3) is 1.02. The van der Waals surface area contributed by atoms with E-state index >= 15 is 0 Å². The molecule has 3 rings (SSSR count). The van der Waals surface area contributed by atoms with E-state index in [2.05, 4.69) is 17.1 Å². The van der Waals surface area contributed by atoms with E-state index in [1.807, 2.05) is 23.9 Å². The molecule has 1 aliphatic rings. The molecule has 0 bridgehead atoms. The Morgan fingerprint density at radius 1 is 1.53 bits per heavy atom. The average Bonchev–Trinajstić information content (AvgIpc) is 3.00. The molecule has 74 valence electrons. The summed E-state index contributed by atoms with van der Waals surface area (Å²) in [5, 5.41) is 10.3. The molecular formula is C12H11N3. The fourth-order valence-corrected chi connectivity index (χ4v) is 2.16. The molecule has 2 aromatic heterocycles. The van der Waals surface area contributed by atoms with Gasteiger partial charge in [0, 0.05) is 24.8 Å². The van der Waals surface area contributed by atoms with Crippen molar-refractivity contribution in [1.82, 2.24) is 9.55 Å². The Kier molecular flexibility index (Phi) is 1.47. The molecule has 2 heterocycles. The summed E-state index contributed by atoms with van der Waals surface area (Å²) >= 11 is 0. The molecule has 0 radical (unpaired) electrons. The zero-order chi connectivity index (χ0) is 10.5. The zero-order valence-electron chi connectivity index (χ0n) is 8.57. The van der Waals surface area contributed by atoms with Gasteiger partial charge in [0.05, 0.1) is 11.5 Å². The van der Waals surface area contributed by atoms with Crippen molar-refractivity contribution in [3.63, 3.8) is 0 Å². The van der Waals surface area contributed by atoms with Crippen LogP contribution in [0.2, 0.25) is 0 Å². The smallest absolute Gasteiger partial charge is 0.139 e. The summed E-state index contributed by atoms with van der Waals surface area (Å²) in [6.45, 7) is 0. The van der Waals surface area contributed by atoms with Crippen LogP contribution in [-0.2, 0) is 12.5 Å². The van der Waals surface area contributed by atoms with E-state index < -0.39 is 0 Å². The highest BCUT2D eigenvalue weighted by molar-refractivity contribution is 5.83. The standard InChI is InChI=1S/C12H11N3/c1-15-7-10(12(8-13)4-5-12)9-3-2-6-14-11(9)15/h2-3,6-7H,4-5H2,1H3. The van der Waals surface area contributed by atoms with Crippen LogP contribution < -0.4 is 0 Å². The Hall–Kier alpha value is -1.82. The van der Waals surface area contributed by atoms with Crippen LogP contribution in [0.25, 0.3) is 11.0 Å². The molecule has 3 heteroatoms. The molecule has 0 amide bonds. The largest absolute Gasteiger partial charge is 0.335 e. The van der Waals surface area contributed by atoms with Gasteiger partial charge in [0.15, 0.2) is 0 Å². The molecule has 2 aromatic rings. The Morgan fingerprint density at radius 3 is 3.00 bits per heavy atom. The minimum absolute atomic E-state index is 0.220. The van der Waals surface area contributed by atoms with Crippen molar-refractivity contribution in [2.75, 3.05) is 0 Å². The predicted molar refractivity (Wildman–Crippen MR) is 57.2 cm³/mol. The van der Waals surface area contributed by atoms with Gasteiger partial charge in [-0.15, -0.1) is 0 Å². The fraction of sp³-hybridized carbons (Fsp3) is 0.333. The van der Waals surface area contributed by atoms with Crippen molar-refractivity contribution in [2.24, 2.45) is 7.05 Å². The summed E-state index contributed by atoms with van der Waals surface area (Å²) < 4.78 is 2.00. The number of aryl methyl sites for hydroxylation is 1. The Morgan fingerprint density at radius 2 is 2.33 bits per heavy atom. The number of aromatic nitrogens is 2. The maximum atomic E-state index is 9.20. The van der Waals surface area contributed by atoms with Crippen molar-refractivity contribution in [3.8, 4) is 6.07 Å². The molecule has 1 saturated carbocycles. The van der Waals surface area contributed by atoms with Crippen molar-refractivity contribution in [1.29, 1.82) is 5.26 Å². The summed E-state index contributed by atoms with van der Waals surface area (Å²) in [6.07, 6.45) is 5.81. The second kappa shape index (κ2) is 2.60. The lowest BCUT2D eigenvalue weighted by Crippen LogP contribution is -2.00. The number of pyridine rings is 1. The lowest BCUT2D eigenvalue weighted by molar-refractivity contribution is 0.884. The predicted octanol–water partition coefficient (Wildman–Crippen LogP) is 2.13. The van der Waals surface area contributed by atoms with Crippen molar-refractivity contribution >= 4 is 11.0 Å². The van der Waals surface area contributed by atoms with Crippen LogP contribution in [-0.4, -0.2) is 9.55 Å². The summed E-state index contributed by atoms with van der Waals surface area (Å²) in [5.74, 6) is 0. The highest BCUT2D eigenvalue weighted by Crippen LogP contribution is 2.49. The lowest BCUT2D eigenvalue weighted by Gasteiger charge is -2.01. The van der Waals surface area contributed by atoms with Gasteiger partial charge in [-0.25, -0.2) is 4.98 Å². The third-order valence-corrected chi connectivity index (χ3v) is 3.21. The van der Waals surface area contributed by atoms with Crippen LogP contribution in [0.15, 0.2) is 24.5 Å². The first-order valence-corrected chi connectivity index (χ1v) is 5.09. The normalized spacial score (nSPS) is 17.6. The van der Waals surface area contributed by atoms with Gasteiger partial charge < -0.3 is 4.57 Å². The van der Waals surface area contributed by atoms with Gasteiger partial charge in [-0.2, -0.15) is 5.26 Å². The van der Waals surface area contributed by atoms with Crippen LogP contribution in [0.3, 0.4) is 0 Å². The minimum Gasteiger partial charge on any atom is -0.335 e. The lowest BCUT2D eigenvalue weighted by atomic mass is 9.98. The number of hydrogen-bond donors (Lipinski definition) is 0. The SMILES string of the molecule is Cn1cc(C2(C#N)CC2)c2cccnc21. The number of rotatable bonds is 1. The Bertz CT molecular complexity index is 570. The monoisotopic (exact) mass is 197 g/mol. The highest BCUT2D eigenvalue weighted by atomic mass is 15.0. The van der Waals surface area contributed by atoms with E-state index in [0.717, 1.165) is 29.4 Å². The van der Waals surface area contributed by atoms with E-state index in [1.165, 1.54) is 0 Å². The van der Waals surface area contributed by atoms with E-state index in [1.54, 1.807) is 6.20 Å². The van der Waals surface area contributed by atoms with Gasteiger partial charge >= 0.3 is 0 Å². The Labute approximate surface area is 88.0 Å². The first kappa shape index (κ1) is 8.49. The molecule has 15 heavy (non-hydrogen) atoms. The van der Waals surface area contributed by atoms with Gasteiger partial charge in [0.1, 0.15) is 5.65 Å². The maximum absolute atomic E-state index is 9.20. The van der Waals surface area contributed by atoms with Crippen LogP contribution in [0.1, 0.15) is 18.4 Å². The molecule has 0 unspecified atom stereocenters. The number of fused-ring (bicyclic) bond motifs is 1. The first-order valence-electron chi connectivity index (χ1n) is 5.09. The summed E-state index contributed by atoms with van der Waals surface area (Å²) in [4.78, 5) is 4.33. The van der Waals surface area contributed by atoms with E-state index in [-0.39, 0.29) is 5.41 Å². The quantitative estimate of drug-likeness (QED) is 0.702. The van der Waals surface area contributed by atoms with Gasteiger partial charge in [-0.05, 0) is 30.5 Å². The molecule has 3 nitrogen and oxygen atoms in total. The van der Waals surface area contributed by atoms with Crippen molar-refractivity contribution < 1.29 is 0 Å². The molecule has 0 aliphatic heterocycles. The topological polar surface area (TPSA) is 41.6 Å². The summed E-state index contributed by atoms with van der Waals surface area (Å²) in [5.41, 5.74) is 1.90. The molecule has 0 aromatic carbocycles. The molecule has 0 N–H and O–H groups in total. The van der Waals surface area contributed by atoms with Gasteiger partial charge in [0.25, 0.3) is 0 Å². The minimum atomic E-state index is -0.220. The van der Waals surface area contributed by atoms with Crippen LogP contribution in [0.5, 0.6) is 0 Å². The number of hydrogen-bond acceptors (Lipinski definition) is 2. The van der Waals surface area contributed by atoms with Crippen LogP contribution in [0.4, 0.5) is 0 Å². The highest BCUT2D eigenvalue weighted by Gasteiger charge is 2.46. The zero-order valence-corrected chi connectivity index (χ0v) is 8.57.